The van der Waals surface area contributed by atoms with Crippen LogP contribution in [0.25, 0.3) is 11.0 Å². The number of likely N-dealkylation sites (tertiary alicyclic amines) is 1. The zero-order valence-corrected chi connectivity index (χ0v) is 17.6. The van der Waals surface area contributed by atoms with E-state index in [4.69, 9.17) is 19.3 Å². The van der Waals surface area contributed by atoms with Gasteiger partial charge in [0.2, 0.25) is 0 Å². The van der Waals surface area contributed by atoms with Crippen LogP contribution in [-0.4, -0.2) is 56.1 Å². The monoisotopic (exact) mass is 452 g/mol. The quantitative estimate of drug-likeness (QED) is 0.619. The number of halogens is 3. The zero-order valence-electron chi connectivity index (χ0n) is 17.6. The fourth-order valence-electron chi connectivity index (χ4n) is 3.54. The van der Waals surface area contributed by atoms with E-state index in [0.29, 0.717) is 23.8 Å². The number of aliphatic carboxylic acids is 1. The summed E-state index contributed by atoms with van der Waals surface area (Å²) in [6.45, 7) is 5.48. The van der Waals surface area contributed by atoms with Gasteiger partial charge >= 0.3 is 12.1 Å². The number of hydrogen-bond donors (Lipinski definition) is 2. The second-order valence-electron chi connectivity index (χ2n) is 7.49. The van der Waals surface area contributed by atoms with Crippen LogP contribution in [0.3, 0.4) is 0 Å². The van der Waals surface area contributed by atoms with Crippen LogP contribution in [0.1, 0.15) is 53.3 Å². The number of amides is 1. The topological polar surface area (TPSA) is 112 Å². The standard InChI is InChI=1S/C19H22N4O2.C2HF3O2/c1-3-16-17(20-11-25-16)19(24)23-8-6-13(7-9-23)18-21-14-5-4-12(2)10-15(14)22-18;3-2(4,5)1(6)7/h4-5,10-11,13H,3,6-9H2,1-2H3,(H,21,22);(H,6,7). The summed E-state index contributed by atoms with van der Waals surface area (Å²) in [5, 5.41) is 7.12. The highest BCUT2D eigenvalue weighted by molar-refractivity contribution is 5.93. The minimum atomic E-state index is -5.08. The molecule has 3 heterocycles. The summed E-state index contributed by atoms with van der Waals surface area (Å²) in [6, 6.07) is 6.26. The summed E-state index contributed by atoms with van der Waals surface area (Å²) in [7, 11) is 0. The highest BCUT2D eigenvalue weighted by Gasteiger charge is 2.38. The highest BCUT2D eigenvalue weighted by atomic mass is 19.4. The Kier molecular flexibility index (Phi) is 6.85. The largest absolute Gasteiger partial charge is 0.490 e. The number of aromatic nitrogens is 3. The molecule has 2 N–H and O–H groups in total. The number of hydrogen-bond acceptors (Lipinski definition) is 5. The number of nitrogens with one attached hydrogen (secondary N) is 1. The van der Waals surface area contributed by atoms with E-state index in [1.165, 1.54) is 12.0 Å². The van der Waals surface area contributed by atoms with Crippen molar-refractivity contribution in [2.45, 2.75) is 45.2 Å². The minimum absolute atomic E-state index is 0.0238. The van der Waals surface area contributed by atoms with E-state index in [1.54, 1.807) is 0 Å². The van der Waals surface area contributed by atoms with Gasteiger partial charge in [0.05, 0.1) is 11.0 Å². The van der Waals surface area contributed by atoms with Crippen LogP contribution in [0, 0.1) is 6.92 Å². The van der Waals surface area contributed by atoms with Crippen molar-refractivity contribution in [1.82, 2.24) is 19.9 Å². The van der Waals surface area contributed by atoms with Crippen LogP contribution in [0.4, 0.5) is 13.2 Å². The fraction of sp³-hybridized carbons (Fsp3) is 0.429. The molecule has 0 aliphatic carbocycles. The number of H-pyrrole nitrogens is 1. The van der Waals surface area contributed by atoms with Crippen molar-refractivity contribution >= 4 is 22.9 Å². The lowest BCUT2D eigenvalue weighted by atomic mass is 9.96. The average Bonchev–Trinajstić information content (AvgIpc) is 3.39. The zero-order chi connectivity index (χ0) is 23.5. The third-order valence-corrected chi connectivity index (χ3v) is 5.23. The molecule has 1 aliphatic heterocycles. The number of carbonyl (C=O) groups excluding carboxylic acids is 1. The molecular weight excluding hydrogens is 429 g/mol. The Balaban J connectivity index is 0.000000360. The number of carboxylic acids is 1. The normalized spacial score (nSPS) is 14.8. The van der Waals surface area contributed by atoms with E-state index in [-0.39, 0.29) is 5.91 Å². The predicted molar refractivity (Wildman–Crippen MR) is 108 cm³/mol. The Morgan fingerprint density at radius 1 is 1.28 bits per heavy atom. The Bertz CT molecular complexity index is 1100. The predicted octanol–water partition coefficient (Wildman–Crippen LogP) is 4.07. The van der Waals surface area contributed by atoms with Gasteiger partial charge in [-0.25, -0.2) is 14.8 Å². The van der Waals surface area contributed by atoms with Gasteiger partial charge < -0.3 is 19.4 Å². The van der Waals surface area contributed by atoms with Crippen molar-refractivity contribution in [3.05, 3.63) is 47.4 Å². The van der Waals surface area contributed by atoms with Gasteiger partial charge in [0.15, 0.2) is 12.1 Å². The van der Waals surface area contributed by atoms with Gasteiger partial charge in [-0.05, 0) is 37.5 Å². The number of benzene rings is 1. The van der Waals surface area contributed by atoms with E-state index in [0.717, 1.165) is 42.8 Å². The molecule has 1 saturated heterocycles. The number of carboxylic acid groups (broad SMARTS) is 1. The van der Waals surface area contributed by atoms with Gasteiger partial charge in [0, 0.05) is 25.4 Å². The van der Waals surface area contributed by atoms with Gasteiger partial charge in [-0.15, -0.1) is 0 Å². The number of rotatable bonds is 3. The van der Waals surface area contributed by atoms with Crippen molar-refractivity contribution < 1.29 is 32.3 Å². The number of oxazole rings is 1. The Morgan fingerprint density at radius 3 is 2.53 bits per heavy atom. The Morgan fingerprint density at radius 2 is 1.94 bits per heavy atom. The number of alkyl halides is 3. The third kappa shape index (κ3) is 5.27. The summed E-state index contributed by atoms with van der Waals surface area (Å²) in [6.07, 6.45) is -1.24. The van der Waals surface area contributed by atoms with Crippen LogP contribution >= 0.6 is 0 Å². The number of imidazole rings is 1. The smallest absolute Gasteiger partial charge is 0.475 e. The number of fused-ring (bicyclic) bond motifs is 1. The number of nitrogens with zero attached hydrogens (tertiary/aromatic N) is 3. The van der Waals surface area contributed by atoms with Gasteiger partial charge in [0.25, 0.3) is 5.91 Å². The van der Waals surface area contributed by atoms with Crippen molar-refractivity contribution in [2.24, 2.45) is 0 Å². The van der Waals surface area contributed by atoms with Crippen molar-refractivity contribution in [3.8, 4) is 0 Å². The average molecular weight is 452 g/mol. The maximum atomic E-state index is 12.6. The molecule has 3 aromatic rings. The number of piperidine rings is 1. The van der Waals surface area contributed by atoms with Gasteiger partial charge in [0.1, 0.15) is 11.6 Å². The number of carbonyl (C=O) groups is 2. The molecule has 0 unspecified atom stereocenters. The molecule has 32 heavy (non-hydrogen) atoms. The van der Waals surface area contributed by atoms with Crippen molar-refractivity contribution in [1.29, 1.82) is 0 Å². The highest BCUT2D eigenvalue weighted by Crippen LogP contribution is 2.29. The lowest BCUT2D eigenvalue weighted by Crippen LogP contribution is -2.38. The van der Waals surface area contributed by atoms with Gasteiger partial charge in [-0.2, -0.15) is 13.2 Å². The molecule has 4 rings (SSSR count). The third-order valence-electron chi connectivity index (χ3n) is 5.23. The van der Waals surface area contributed by atoms with Crippen LogP contribution in [0.2, 0.25) is 0 Å². The lowest BCUT2D eigenvalue weighted by molar-refractivity contribution is -0.192. The first-order chi connectivity index (χ1) is 15.1. The first-order valence-electron chi connectivity index (χ1n) is 10.1. The van der Waals surface area contributed by atoms with Crippen LogP contribution in [0.15, 0.2) is 29.0 Å². The summed E-state index contributed by atoms with van der Waals surface area (Å²) in [5.41, 5.74) is 3.78. The Labute approximate surface area is 181 Å². The SMILES string of the molecule is CCc1ocnc1C(=O)N1CCC(c2nc3ccc(C)cc3[nH]2)CC1.O=C(O)C(F)(F)F. The molecule has 2 aromatic heterocycles. The van der Waals surface area contributed by atoms with Gasteiger partial charge in [-0.1, -0.05) is 13.0 Å². The van der Waals surface area contributed by atoms with E-state index >= 15 is 0 Å². The molecule has 1 amide bonds. The van der Waals surface area contributed by atoms with E-state index in [1.807, 2.05) is 11.8 Å². The van der Waals surface area contributed by atoms with E-state index < -0.39 is 12.1 Å². The van der Waals surface area contributed by atoms with E-state index in [2.05, 4.69) is 35.1 Å². The van der Waals surface area contributed by atoms with E-state index in [9.17, 15) is 18.0 Å². The molecule has 8 nitrogen and oxygen atoms in total. The summed E-state index contributed by atoms with van der Waals surface area (Å²) < 4.78 is 37.0. The summed E-state index contributed by atoms with van der Waals surface area (Å²) in [5.74, 6) is -0.723. The molecule has 0 bridgehead atoms. The second-order valence-corrected chi connectivity index (χ2v) is 7.49. The maximum absolute atomic E-state index is 12.6. The van der Waals surface area contributed by atoms with Crippen molar-refractivity contribution in [3.63, 3.8) is 0 Å². The molecule has 0 spiro atoms. The van der Waals surface area contributed by atoms with Crippen LogP contribution in [0.5, 0.6) is 0 Å². The van der Waals surface area contributed by atoms with Crippen LogP contribution in [-0.2, 0) is 11.2 Å². The summed E-state index contributed by atoms with van der Waals surface area (Å²) >= 11 is 0. The lowest BCUT2D eigenvalue weighted by Gasteiger charge is -2.30. The molecular formula is C21H23F3N4O4. The van der Waals surface area contributed by atoms with Crippen molar-refractivity contribution in [2.75, 3.05) is 13.1 Å². The maximum Gasteiger partial charge on any atom is 0.490 e. The van der Waals surface area contributed by atoms with Gasteiger partial charge in [-0.3, -0.25) is 4.79 Å². The molecule has 11 heteroatoms. The second kappa shape index (κ2) is 9.41. The first-order valence-corrected chi connectivity index (χ1v) is 10.1. The van der Waals surface area contributed by atoms with Crippen LogP contribution < -0.4 is 0 Å². The molecule has 1 aliphatic rings. The minimum Gasteiger partial charge on any atom is -0.475 e. The fourth-order valence-corrected chi connectivity index (χ4v) is 3.54. The molecule has 0 atom stereocenters. The summed E-state index contributed by atoms with van der Waals surface area (Å²) in [4.78, 5) is 35.7. The Hall–Kier alpha value is -3.37. The molecule has 1 aromatic carbocycles. The number of aromatic amines is 1. The molecule has 0 saturated carbocycles. The molecule has 172 valence electrons. The first kappa shape index (κ1) is 23.3. The molecule has 0 radical (unpaired) electrons. The molecule has 1 fully saturated rings. The number of aryl methyl sites for hydroxylation is 2.